The Balaban J connectivity index is 1.83. The second-order valence-electron chi connectivity index (χ2n) is 5.17. The molecule has 0 saturated heterocycles. The van der Waals surface area contributed by atoms with Crippen molar-refractivity contribution < 1.29 is 17.6 Å². The van der Waals surface area contributed by atoms with Crippen LogP contribution in [0.5, 0.6) is 0 Å². The summed E-state index contributed by atoms with van der Waals surface area (Å²) in [4.78, 5) is 15.7. The first-order valence-electron chi connectivity index (χ1n) is 7.33. The number of rotatable bonds is 7. The van der Waals surface area contributed by atoms with E-state index in [0.717, 1.165) is 17.7 Å². The van der Waals surface area contributed by atoms with Crippen molar-refractivity contribution in [2.45, 2.75) is 24.3 Å². The van der Waals surface area contributed by atoms with Gasteiger partial charge in [-0.15, -0.1) is 0 Å². The van der Waals surface area contributed by atoms with E-state index in [1.54, 1.807) is 24.5 Å². The lowest BCUT2D eigenvalue weighted by Gasteiger charge is -2.14. The van der Waals surface area contributed by atoms with E-state index in [-0.39, 0.29) is 29.8 Å². The summed E-state index contributed by atoms with van der Waals surface area (Å²) in [7, 11) is -3.76. The molecule has 8 heteroatoms. The molecule has 128 valence electrons. The Kier molecular flexibility index (Phi) is 5.99. The number of carbonyl (C=O) groups excluding carboxylic acids is 1. The third-order valence-electron chi connectivity index (χ3n) is 3.35. The number of hydrogen-bond donors (Lipinski definition) is 2. The molecule has 1 heterocycles. The molecule has 1 atom stereocenters. The Labute approximate surface area is 140 Å². The average molecular weight is 351 g/mol. The fourth-order valence-corrected chi connectivity index (χ4v) is 3.08. The van der Waals surface area contributed by atoms with Crippen LogP contribution in [0.25, 0.3) is 0 Å². The molecule has 1 unspecified atom stereocenters. The molecule has 2 aromatic rings. The number of pyridine rings is 1. The van der Waals surface area contributed by atoms with Crippen molar-refractivity contribution >= 4 is 15.9 Å². The Bertz CT molecular complexity index is 780. The highest BCUT2D eigenvalue weighted by molar-refractivity contribution is 7.89. The summed E-state index contributed by atoms with van der Waals surface area (Å²) in [6.07, 6.45) is 3.26. The number of sulfonamides is 1. The molecule has 2 rings (SSSR count). The van der Waals surface area contributed by atoms with Gasteiger partial charge in [-0.2, -0.15) is 0 Å². The number of carbonyl (C=O) groups is 1. The summed E-state index contributed by atoms with van der Waals surface area (Å²) >= 11 is 0. The van der Waals surface area contributed by atoms with Gasteiger partial charge in [-0.1, -0.05) is 0 Å². The van der Waals surface area contributed by atoms with Crippen LogP contribution in [0.4, 0.5) is 4.39 Å². The van der Waals surface area contributed by atoms with Crippen LogP contribution in [-0.2, 0) is 14.8 Å². The van der Waals surface area contributed by atoms with Gasteiger partial charge < -0.3 is 5.32 Å². The normalized spacial score (nSPS) is 12.6. The average Bonchev–Trinajstić information content (AvgIpc) is 2.56. The van der Waals surface area contributed by atoms with Crippen molar-refractivity contribution in [3.8, 4) is 0 Å². The van der Waals surface area contributed by atoms with E-state index in [2.05, 4.69) is 15.0 Å². The summed E-state index contributed by atoms with van der Waals surface area (Å²) in [6.45, 7) is 1.78. The third kappa shape index (κ3) is 5.10. The van der Waals surface area contributed by atoms with Crippen molar-refractivity contribution in [3.05, 3.63) is 60.2 Å². The molecular weight excluding hydrogens is 333 g/mol. The minimum absolute atomic E-state index is 0.00412. The number of amides is 1. The quantitative estimate of drug-likeness (QED) is 0.796. The number of aromatic nitrogens is 1. The first kappa shape index (κ1) is 18.0. The van der Waals surface area contributed by atoms with Crippen molar-refractivity contribution in [2.24, 2.45) is 0 Å². The van der Waals surface area contributed by atoms with Gasteiger partial charge in [0, 0.05) is 25.4 Å². The molecule has 2 N–H and O–H groups in total. The van der Waals surface area contributed by atoms with E-state index in [4.69, 9.17) is 0 Å². The maximum Gasteiger partial charge on any atom is 0.240 e. The van der Waals surface area contributed by atoms with Crippen LogP contribution >= 0.6 is 0 Å². The van der Waals surface area contributed by atoms with Crippen molar-refractivity contribution in [1.29, 1.82) is 0 Å². The Hall–Kier alpha value is -2.32. The zero-order valence-electron chi connectivity index (χ0n) is 13.1. The smallest absolute Gasteiger partial charge is 0.240 e. The summed E-state index contributed by atoms with van der Waals surface area (Å²) in [5, 5.41) is 2.78. The maximum atomic E-state index is 12.8. The molecule has 24 heavy (non-hydrogen) atoms. The molecule has 1 aromatic heterocycles. The van der Waals surface area contributed by atoms with Crippen LogP contribution in [0, 0.1) is 5.82 Å². The van der Waals surface area contributed by atoms with Crippen LogP contribution < -0.4 is 10.0 Å². The highest BCUT2D eigenvalue weighted by Crippen LogP contribution is 2.11. The number of benzene rings is 1. The predicted molar refractivity (Wildman–Crippen MR) is 87.0 cm³/mol. The van der Waals surface area contributed by atoms with Crippen molar-refractivity contribution in [2.75, 3.05) is 6.54 Å². The molecule has 0 radical (unpaired) electrons. The van der Waals surface area contributed by atoms with Crippen molar-refractivity contribution in [3.63, 3.8) is 0 Å². The largest absolute Gasteiger partial charge is 0.350 e. The standard InChI is InChI=1S/C16H18FN3O3S/c1-12(13-6-9-18-10-7-13)20-16(21)8-11-19-24(22,23)15-4-2-14(17)3-5-15/h2-7,9-10,12,19H,8,11H2,1H3,(H,20,21). The summed E-state index contributed by atoms with van der Waals surface area (Å²) < 4.78 is 39.1. The topological polar surface area (TPSA) is 88.2 Å². The molecule has 1 aromatic carbocycles. The molecule has 0 aliphatic carbocycles. The molecule has 0 bridgehead atoms. The van der Waals surface area contributed by atoms with Gasteiger partial charge in [-0.25, -0.2) is 17.5 Å². The molecule has 0 aliphatic heterocycles. The maximum absolute atomic E-state index is 12.8. The van der Waals surface area contributed by atoms with E-state index in [1.807, 2.05) is 6.92 Å². The molecule has 0 saturated carbocycles. The highest BCUT2D eigenvalue weighted by Gasteiger charge is 2.15. The Morgan fingerprint density at radius 3 is 2.42 bits per heavy atom. The van der Waals surface area contributed by atoms with E-state index in [1.165, 1.54) is 12.1 Å². The van der Waals surface area contributed by atoms with Crippen LogP contribution in [0.1, 0.15) is 24.9 Å². The second-order valence-corrected chi connectivity index (χ2v) is 6.94. The lowest BCUT2D eigenvalue weighted by atomic mass is 10.1. The van der Waals surface area contributed by atoms with Gasteiger partial charge >= 0.3 is 0 Å². The van der Waals surface area contributed by atoms with E-state index < -0.39 is 15.8 Å². The van der Waals surface area contributed by atoms with Crippen LogP contribution in [-0.4, -0.2) is 25.9 Å². The first-order valence-corrected chi connectivity index (χ1v) is 8.81. The Morgan fingerprint density at radius 1 is 1.17 bits per heavy atom. The van der Waals surface area contributed by atoms with Gasteiger partial charge in [-0.3, -0.25) is 9.78 Å². The molecule has 0 fully saturated rings. The zero-order chi connectivity index (χ0) is 17.6. The van der Waals surface area contributed by atoms with Crippen LogP contribution in [0.15, 0.2) is 53.7 Å². The minimum atomic E-state index is -3.76. The number of halogens is 1. The van der Waals surface area contributed by atoms with Gasteiger partial charge in [0.1, 0.15) is 5.82 Å². The molecular formula is C16H18FN3O3S. The van der Waals surface area contributed by atoms with Gasteiger partial charge in [0.25, 0.3) is 0 Å². The summed E-state index contributed by atoms with van der Waals surface area (Å²) in [6, 6.07) is 7.86. The number of nitrogens with one attached hydrogen (secondary N) is 2. The highest BCUT2D eigenvalue weighted by atomic mass is 32.2. The molecule has 1 amide bonds. The lowest BCUT2D eigenvalue weighted by Crippen LogP contribution is -2.32. The first-order chi connectivity index (χ1) is 11.4. The van der Waals surface area contributed by atoms with Crippen LogP contribution in [0.2, 0.25) is 0 Å². The number of nitrogens with zero attached hydrogens (tertiary/aromatic N) is 1. The van der Waals surface area contributed by atoms with E-state index >= 15 is 0 Å². The van der Waals surface area contributed by atoms with Gasteiger partial charge in [0.15, 0.2) is 0 Å². The summed E-state index contributed by atoms with van der Waals surface area (Å²) in [5.74, 6) is -0.792. The SMILES string of the molecule is CC(NC(=O)CCNS(=O)(=O)c1ccc(F)cc1)c1ccncc1. The van der Waals surface area contributed by atoms with Crippen molar-refractivity contribution in [1.82, 2.24) is 15.0 Å². The lowest BCUT2D eigenvalue weighted by molar-refractivity contribution is -0.121. The minimum Gasteiger partial charge on any atom is -0.350 e. The van der Waals surface area contributed by atoms with Gasteiger partial charge in [0.2, 0.25) is 15.9 Å². The fourth-order valence-electron chi connectivity index (χ4n) is 2.05. The van der Waals surface area contributed by atoms with Gasteiger partial charge in [-0.05, 0) is 48.9 Å². The molecule has 0 aliphatic rings. The van der Waals surface area contributed by atoms with Crippen LogP contribution in [0.3, 0.4) is 0 Å². The third-order valence-corrected chi connectivity index (χ3v) is 4.83. The summed E-state index contributed by atoms with van der Waals surface area (Å²) in [5.41, 5.74) is 0.908. The van der Waals surface area contributed by atoms with E-state index in [0.29, 0.717) is 0 Å². The molecule has 0 spiro atoms. The van der Waals surface area contributed by atoms with Gasteiger partial charge in [0.05, 0.1) is 10.9 Å². The van der Waals surface area contributed by atoms with E-state index in [9.17, 15) is 17.6 Å². The fraction of sp³-hybridized carbons (Fsp3) is 0.250. The predicted octanol–water partition coefficient (Wildman–Crippen LogP) is 1.77. The number of hydrogen-bond acceptors (Lipinski definition) is 4. The second kappa shape index (κ2) is 7.98. The Morgan fingerprint density at radius 2 is 1.79 bits per heavy atom. The molecule has 6 nitrogen and oxygen atoms in total. The monoisotopic (exact) mass is 351 g/mol. The zero-order valence-corrected chi connectivity index (χ0v) is 13.9.